The van der Waals surface area contributed by atoms with Crippen molar-refractivity contribution in [2.45, 2.75) is 0 Å². The summed E-state index contributed by atoms with van der Waals surface area (Å²) < 4.78 is 26.0. The molecule has 0 saturated heterocycles. The van der Waals surface area contributed by atoms with Gasteiger partial charge in [0.05, 0.1) is 5.52 Å². The maximum Gasteiger partial charge on any atom is 0.125 e. The number of fused-ring (bicyclic) bond motifs is 1. The Kier molecular flexibility index (Phi) is 2.83. The first-order chi connectivity index (χ1) is 9.22. The zero-order valence-corrected chi connectivity index (χ0v) is 9.90. The van der Waals surface area contributed by atoms with Crippen LogP contribution in [0, 0.1) is 11.6 Å². The number of pyridine rings is 1. The van der Waals surface area contributed by atoms with E-state index in [2.05, 4.69) is 10.3 Å². The fourth-order valence-electron chi connectivity index (χ4n) is 1.92. The van der Waals surface area contributed by atoms with E-state index in [1.165, 1.54) is 24.3 Å². The van der Waals surface area contributed by atoms with Crippen molar-refractivity contribution in [3.63, 3.8) is 0 Å². The van der Waals surface area contributed by atoms with Crippen molar-refractivity contribution in [3.8, 4) is 0 Å². The Morgan fingerprint density at radius 3 is 2.37 bits per heavy atom. The summed E-state index contributed by atoms with van der Waals surface area (Å²) >= 11 is 0. The average molecular weight is 256 g/mol. The van der Waals surface area contributed by atoms with Crippen LogP contribution >= 0.6 is 0 Å². The Morgan fingerprint density at radius 2 is 1.58 bits per heavy atom. The Hall–Kier alpha value is -2.49. The molecule has 0 saturated carbocycles. The predicted octanol–water partition coefficient (Wildman–Crippen LogP) is 4.26. The van der Waals surface area contributed by atoms with Crippen LogP contribution in [0.1, 0.15) is 0 Å². The van der Waals surface area contributed by atoms with Gasteiger partial charge in [0, 0.05) is 29.0 Å². The number of halogens is 2. The standard InChI is InChI=1S/C15H10F2N2/c16-10-1-4-12(5-2-10)19-14-7-8-18-15-9-11(17)3-6-13(14)15/h1-9H,(H,18,19). The molecule has 4 heteroatoms. The van der Waals surface area contributed by atoms with Crippen molar-refractivity contribution in [1.29, 1.82) is 0 Å². The lowest BCUT2D eigenvalue weighted by Gasteiger charge is -2.09. The first-order valence-electron chi connectivity index (χ1n) is 5.79. The highest BCUT2D eigenvalue weighted by atomic mass is 19.1. The molecule has 0 aliphatic rings. The predicted molar refractivity (Wildman–Crippen MR) is 71.4 cm³/mol. The summed E-state index contributed by atoms with van der Waals surface area (Å²) in [5, 5.41) is 3.98. The fraction of sp³-hybridized carbons (Fsp3) is 0. The van der Waals surface area contributed by atoms with Crippen molar-refractivity contribution < 1.29 is 8.78 Å². The van der Waals surface area contributed by atoms with Crippen LogP contribution in [-0.2, 0) is 0 Å². The van der Waals surface area contributed by atoms with Gasteiger partial charge in [-0.1, -0.05) is 0 Å². The Morgan fingerprint density at radius 1 is 0.842 bits per heavy atom. The summed E-state index contributed by atoms with van der Waals surface area (Å²) in [7, 11) is 0. The Balaban J connectivity index is 2.03. The van der Waals surface area contributed by atoms with Crippen LogP contribution in [0.25, 0.3) is 10.9 Å². The smallest absolute Gasteiger partial charge is 0.125 e. The van der Waals surface area contributed by atoms with Crippen LogP contribution in [0.15, 0.2) is 54.7 Å². The molecular formula is C15H10F2N2. The van der Waals surface area contributed by atoms with Crippen molar-refractivity contribution in [1.82, 2.24) is 4.98 Å². The molecule has 0 spiro atoms. The highest BCUT2D eigenvalue weighted by Gasteiger charge is 2.03. The number of nitrogens with one attached hydrogen (secondary N) is 1. The average Bonchev–Trinajstić information content (AvgIpc) is 2.41. The van der Waals surface area contributed by atoms with Crippen LogP contribution < -0.4 is 5.32 Å². The molecule has 3 aromatic rings. The molecule has 94 valence electrons. The number of hydrogen-bond donors (Lipinski definition) is 1. The number of benzene rings is 2. The van der Waals surface area contributed by atoms with Crippen LogP contribution in [0.2, 0.25) is 0 Å². The van der Waals surface area contributed by atoms with Gasteiger partial charge in [-0.25, -0.2) is 8.78 Å². The van der Waals surface area contributed by atoms with Gasteiger partial charge in [0.25, 0.3) is 0 Å². The summed E-state index contributed by atoms with van der Waals surface area (Å²) in [6, 6.07) is 12.3. The second-order valence-corrected chi connectivity index (χ2v) is 4.15. The van der Waals surface area contributed by atoms with E-state index >= 15 is 0 Å². The molecular weight excluding hydrogens is 246 g/mol. The molecule has 0 bridgehead atoms. The van der Waals surface area contributed by atoms with E-state index in [0.717, 1.165) is 16.8 Å². The van der Waals surface area contributed by atoms with Gasteiger partial charge in [-0.3, -0.25) is 4.98 Å². The monoisotopic (exact) mass is 256 g/mol. The lowest BCUT2D eigenvalue weighted by molar-refractivity contribution is 0.628. The van der Waals surface area contributed by atoms with Crippen molar-refractivity contribution in [3.05, 3.63) is 66.4 Å². The minimum Gasteiger partial charge on any atom is -0.355 e. The SMILES string of the molecule is Fc1ccc(Nc2ccnc3cc(F)ccc23)cc1. The van der Waals surface area contributed by atoms with E-state index in [-0.39, 0.29) is 11.6 Å². The van der Waals surface area contributed by atoms with Crippen LogP contribution in [0.4, 0.5) is 20.2 Å². The van der Waals surface area contributed by atoms with Gasteiger partial charge in [0.1, 0.15) is 11.6 Å². The lowest BCUT2D eigenvalue weighted by atomic mass is 10.1. The van der Waals surface area contributed by atoms with E-state index in [1.54, 1.807) is 30.5 Å². The van der Waals surface area contributed by atoms with Gasteiger partial charge >= 0.3 is 0 Å². The third kappa shape index (κ3) is 2.38. The Bertz CT molecular complexity index is 724. The molecule has 0 unspecified atom stereocenters. The molecule has 0 aliphatic heterocycles. The molecule has 0 amide bonds. The highest BCUT2D eigenvalue weighted by Crippen LogP contribution is 2.25. The van der Waals surface area contributed by atoms with Crippen molar-refractivity contribution in [2.75, 3.05) is 5.32 Å². The molecule has 3 rings (SSSR count). The first-order valence-corrected chi connectivity index (χ1v) is 5.79. The lowest BCUT2D eigenvalue weighted by Crippen LogP contribution is -1.93. The second-order valence-electron chi connectivity index (χ2n) is 4.15. The number of aromatic nitrogens is 1. The molecule has 2 aromatic carbocycles. The van der Waals surface area contributed by atoms with E-state index in [9.17, 15) is 8.78 Å². The quantitative estimate of drug-likeness (QED) is 0.741. The topological polar surface area (TPSA) is 24.9 Å². The highest BCUT2D eigenvalue weighted by molar-refractivity contribution is 5.92. The fourth-order valence-corrected chi connectivity index (χ4v) is 1.92. The largest absolute Gasteiger partial charge is 0.355 e. The molecule has 0 fully saturated rings. The zero-order valence-electron chi connectivity index (χ0n) is 9.90. The molecule has 0 radical (unpaired) electrons. The third-order valence-corrected chi connectivity index (χ3v) is 2.83. The van der Waals surface area contributed by atoms with Gasteiger partial charge in [0.2, 0.25) is 0 Å². The minimum atomic E-state index is -0.320. The van der Waals surface area contributed by atoms with E-state index < -0.39 is 0 Å². The number of nitrogens with zero attached hydrogens (tertiary/aromatic N) is 1. The summed E-state index contributed by atoms with van der Waals surface area (Å²) in [4.78, 5) is 4.12. The van der Waals surface area contributed by atoms with E-state index in [4.69, 9.17) is 0 Å². The van der Waals surface area contributed by atoms with Gasteiger partial charge < -0.3 is 5.32 Å². The van der Waals surface area contributed by atoms with Crippen LogP contribution in [0.5, 0.6) is 0 Å². The number of anilines is 2. The van der Waals surface area contributed by atoms with Crippen LogP contribution in [0.3, 0.4) is 0 Å². The maximum absolute atomic E-state index is 13.1. The van der Waals surface area contributed by atoms with Crippen LogP contribution in [-0.4, -0.2) is 4.98 Å². The van der Waals surface area contributed by atoms with Gasteiger partial charge in [-0.05, 0) is 42.5 Å². The summed E-state index contributed by atoms with van der Waals surface area (Å²) in [5.74, 6) is -0.605. The zero-order chi connectivity index (χ0) is 13.2. The van der Waals surface area contributed by atoms with Gasteiger partial charge in [-0.2, -0.15) is 0 Å². The Labute approximate surface area is 108 Å². The van der Waals surface area contributed by atoms with E-state index in [1.807, 2.05) is 0 Å². The van der Waals surface area contributed by atoms with Gasteiger partial charge in [-0.15, -0.1) is 0 Å². The van der Waals surface area contributed by atoms with Gasteiger partial charge in [0.15, 0.2) is 0 Å². The minimum absolute atomic E-state index is 0.285. The third-order valence-electron chi connectivity index (χ3n) is 2.83. The first kappa shape index (κ1) is 11.6. The number of hydrogen-bond acceptors (Lipinski definition) is 2. The molecule has 19 heavy (non-hydrogen) atoms. The van der Waals surface area contributed by atoms with Crippen molar-refractivity contribution in [2.24, 2.45) is 0 Å². The molecule has 1 N–H and O–H groups in total. The van der Waals surface area contributed by atoms with E-state index in [0.29, 0.717) is 5.52 Å². The second kappa shape index (κ2) is 4.65. The number of rotatable bonds is 2. The summed E-state index contributed by atoms with van der Waals surface area (Å²) in [6.07, 6.45) is 1.60. The van der Waals surface area contributed by atoms with Crippen molar-refractivity contribution >= 4 is 22.3 Å². The normalized spacial score (nSPS) is 10.6. The summed E-state index contributed by atoms with van der Waals surface area (Å²) in [6.45, 7) is 0. The molecule has 1 heterocycles. The molecule has 2 nitrogen and oxygen atoms in total. The molecule has 0 aliphatic carbocycles. The molecule has 0 atom stereocenters. The molecule has 1 aromatic heterocycles. The summed E-state index contributed by atoms with van der Waals surface area (Å²) in [5.41, 5.74) is 2.14. The maximum atomic E-state index is 13.1.